The number of nitrogen functional groups attached to an aromatic ring is 1. The second kappa shape index (κ2) is 9.06. The number of hydrogen-bond donors (Lipinski definition) is 1. The lowest BCUT2D eigenvalue weighted by Gasteiger charge is -2.30. The normalized spacial score (nSPS) is 24.0. The van der Waals surface area contributed by atoms with E-state index >= 15 is 0 Å². The van der Waals surface area contributed by atoms with Gasteiger partial charge in [0.05, 0.1) is 11.9 Å². The first-order chi connectivity index (χ1) is 16.2. The van der Waals surface area contributed by atoms with Crippen LogP contribution < -0.4 is 5.73 Å². The molecule has 1 aliphatic rings. The summed E-state index contributed by atoms with van der Waals surface area (Å²) in [5.41, 5.74) is 5.49. The second-order valence-corrected chi connectivity index (χ2v) is 7.95. The molecule has 178 valence electrons. The fourth-order valence-electron chi connectivity index (χ4n) is 3.84. The summed E-state index contributed by atoms with van der Waals surface area (Å²) in [4.78, 5) is 48.8. The minimum Gasteiger partial charge on any atom is -0.459 e. The summed E-state index contributed by atoms with van der Waals surface area (Å²) in [7, 11) is 0. The van der Waals surface area contributed by atoms with E-state index in [0.29, 0.717) is 16.7 Å². The fraction of sp³-hybridized carbons (Fsp3) is 0.364. The summed E-state index contributed by atoms with van der Waals surface area (Å²) >= 11 is 0. The first-order valence-electron chi connectivity index (χ1n) is 10.4. The number of imidazole rings is 1. The largest absolute Gasteiger partial charge is 0.459 e. The van der Waals surface area contributed by atoms with Gasteiger partial charge in [-0.25, -0.2) is 19.7 Å². The Balaban J connectivity index is 1.70. The molecule has 34 heavy (non-hydrogen) atoms. The molecule has 0 aliphatic carbocycles. The van der Waals surface area contributed by atoms with Crippen LogP contribution in [0.2, 0.25) is 0 Å². The number of anilines is 1. The maximum Gasteiger partial charge on any atom is 0.338 e. The maximum absolute atomic E-state index is 12.5. The smallest absolute Gasteiger partial charge is 0.338 e. The molecule has 0 saturated carbocycles. The Morgan fingerprint density at radius 3 is 2.47 bits per heavy atom. The third kappa shape index (κ3) is 4.39. The van der Waals surface area contributed by atoms with Gasteiger partial charge < -0.3 is 24.7 Å². The zero-order valence-corrected chi connectivity index (χ0v) is 18.7. The van der Waals surface area contributed by atoms with Crippen LogP contribution in [0.15, 0.2) is 43.0 Å². The highest BCUT2D eigenvalue weighted by Gasteiger charge is 2.58. The second-order valence-electron chi connectivity index (χ2n) is 7.95. The van der Waals surface area contributed by atoms with E-state index in [2.05, 4.69) is 15.0 Å². The first kappa shape index (κ1) is 23.1. The lowest BCUT2D eigenvalue weighted by atomic mass is 9.97. The van der Waals surface area contributed by atoms with Crippen molar-refractivity contribution >= 4 is 34.9 Å². The number of carbonyl (C=O) groups is 3. The number of nitrogens with zero attached hydrogens (tertiary/aromatic N) is 4. The van der Waals surface area contributed by atoms with Crippen LogP contribution in [-0.4, -0.2) is 61.8 Å². The maximum atomic E-state index is 12.5. The van der Waals surface area contributed by atoms with Crippen molar-refractivity contribution < 1.29 is 33.3 Å². The molecule has 4 atom stereocenters. The molecule has 1 aliphatic heterocycles. The first-order valence-corrected chi connectivity index (χ1v) is 10.4. The van der Waals surface area contributed by atoms with E-state index in [0.717, 1.165) is 0 Å². The molecule has 3 heterocycles. The van der Waals surface area contributed by atoms with Crippen LogP contribution >= 0.6 is 0 Å². The van der Waals surface area contributed by atoms with E-state index in [4.69, 9.17) is 24.7 Å². The lowest BCUT2D eigenvalue weighted by molar-refractivity contribution is -0.169. The van der Waals surface area contributed by atoms with Crippen LogP contribution in [0, 0.1) is 0 Å². The zero-order chi connectivity index (χ0) is 24.5. The lowest BCUT2D eigenvalue weighted by Crippen LogP contribution is -2.48. The number of carbonyl (C=O) groups excluding carboxylic acids is 3. The molecule has 0 spiro atoms. The molecule has 1 fully saturated rings. The molecule has 0 radical (unpaired) electrons. The third-order valence-electron chi connectivity index (χ3n) is 5.33. The van der Waals surface area contributed by atoms with Gasteiger partial charge in [-0.3, -0.25) is 14.2 Å². The van der Waals surface area contributed by atoms with E-state index in [1.165, 1.54) is 31.1 Å². The number of hydrogen-bond acceptors (Lipinski definition) is 11. The summed E-state index contributed by atoms with van der Waals surface area (Å²) in [5.74, 6) is -1.69. The molecular weight excluding hydrogens is 446 g/mol. The number of fused-ring (bicyclic) bond motifs is 1. The quantitative estimate of drug-likeness (QED) is 0.411. The van der Waals surface area contributed by atoms with Crippen LogP contribution in [0.5, 0.6) is 0 Å². The Bertz CT molecular complexity index is 1230. The summed E-state index contributed by atoms with van der Waals surface area (Å²) in [5, 5.41) is 0. The standard InChI is InChI=1S/C22H23N5O7/c1-12(28)32-16-17(33-13(2)29)22(3,9-31-21(30)14-7-5-4-6-8-14)34-20(16)27-11-26-15-18(23)24-10-25-19(15)27/h4-8,10-11,16-17,20H,9H2,1-3H3,(H2,23,24,25)/t16-,17+,20?,22-/m1/s1. The molecule has 0 amide bonds. The van der Waals surface area contributed by atoms with Gasteiger partial charge in [-0.05, 0) is 19.1 Å². The van der Waals surface area contributed by atoms with Gasteiger partial charge in [0.1, 0.15) is 24.1 Å². The Morgan fingerprint density at radius 2 is 1.79 bits per heavy atom. The van der Waals surface area contributed by atoms with Crippen LogP contribution in [0.1, 0.15) is 37.4 Å². The molecule has 4 rings (SSSR count). The Labute approximate surface area is 194 Å². The highest BCUT2D eigenvalue weighted by molar-refractivity contribution is 5.89. The molecule has 2 aromatic heterocycles. The molecule has 1 saturated heterocycles. The van der Waals surface area contributed by atoms with E-state index in [-0.39, 0.29) is 12.4 Å². The molecule has 2 N–H and O–H groups in total. The van der Waals surface area contributed by atoms with Crippen molar-refractivity contribution in [2.45, 2.75) is 44.8 Å². The predicted octanol–water partition coefficient (Wildman–Crippen LogP) is 1.42. The van der Waals surface area contributed by atoms with Crippen molar-refractivity contribution in [1.29, 1.82) is 0 Å². The monoisotopic (exact) mass is 469 g/mol. The SMILES string of the molecule is CC(=O)O[C@H]1C(n2cnc3c(N)ncnc32)O[C@](C)(COC(=O)c2ccccc2)[C@H]1OC(C)=O. The van der Waals surface area contributed by atoms with Gasteiger partial charge in [-0.2, -0.15) is 0 Å². The fourth-order valence-corrected chi connectivity index (χ4v) is 3.84. The summed E-state index contributed by atoms with van der Waals surface area (Å²) in [6.45, 7) is 3.74. The number of rotatable bonds is 6. The van der Waals surface area contributed by atoms with Gasteiger partial charge in [0.15, 0.2) is 29.9 Å². The van der Waals surface area contributed by atoms with E-state index in [1.807, 2.05) is 0 Å². The molecule has 12 heteroatoms. The summed E-state index contributed by atoms with van der Waals surface area (Å²) in [6, 6.07) is 8.40. The summed E-state index contributed by atoms with van der Waals surface area (Å²) in [6.07, 6.45) is -0.568. The average Bonchev–Trinajstić information content (AvgIpc) is 3.33. The van der Waals surface area contributed by atoms with Crippen LogP contribution in [0.4, 0.5) is 5.82 Å². The molecule has 0 bridgehead atoms. The van der Waals surface area contributed by atoms with Crippen molar-refractivity contribution in [3.8, 4) is 0 Å². The van der Waals surface area contributed by atoms with Crippen molar-refractivity contribution in [1.82, 2.24) is 19.5 Å². The Hall–Kier alpha value is -4.06. The van der Waals surface area contributed by atoms with Crippen molar-refractivity contribution in [2.75, 3.05) is 12.3 Å². The minimum absolute atomic E-state index is 0.155. The minimum atomic E-state index is -1.38. The van der Waals surface area contributed by atoms with E-state index < -0.39 is 41.9 Å². The predicted molar refractivity (Wildman–Crippen MR) is 116 cm³/mol. The van der Waals surface area contributed by atoms with Gasteiger partial charge in [-0.1, -0.05) is 18.2 Å². The number of ether oxygens (including phenoxy) is 4. The average molecular weight is 469 g/mol. The topological polar surface area (TPSA) is 158 Å². The van der Waals surface area contributed by atoms with Gasteiger partial charge in [0.2, 0.25) is 0 Å². The molecule has 12 nitrogen and oxygen atoms in total. The number of nitrogens with two attached hydrogens (primary N) is 1. The van der Waals surface area contributed by atoms with Crippen molar-refractivity contribution in [3.05, 3.63) is 48.5 Å². The number of aromatic nitrogens is 4. The van der Waals surface area contributed by atoms with Gasteiger partial charge in [0.25, 0.3) is 0 Å². The zero-order valence-electron chi connectivity index (χ0n) is 18.7. The van der Waals surface area contributed by atoms with Gasteiger partial charge >= 0.3 is 17.9 Å². The van der Waals surface area contributed by atoms with Crippen molar-refractivity contribution in [2.24, 2.45) is 0 Å². The van der Waals surface area contributed by atoms with Gasteiger partial charge in [0, 0.05) is 13.8 Å². The molecule has 3 aromatic rings. The molecule has 1 unspecified atom stereocenters. The Kier molecular flexibility index (Phi) is 6.16. The molecule has 1 aromatic carbocycles. The number of esters is 3. The van der Waals surface area contributed by atoms with E-state index in [9.17, 15) is 14.4 Å². The van der Waals surface area contributed by atoms with Gasteiger partial charge in [-0.15, -0.1) is 0 Å². The summed E-state index contributed by atoms with van der Waals surface area (Å²) < 4.78 is 24.3. The highest BCUT2D eigenvalue weighted by Crippen LogP contribution is 2.42. The third-order valence-corrected chi connectivity index (χ3v) is 5.33. The van der Waals surface area contributed by atoms with Crippen LogP contribution in [0.25, 0.3) is 11.2 Å². The van der Waals surface area contributed by atoms with Crippen LogP contribution in [-0.2, 0) is 28.5 Å². The van der Waals surface area contributed by atoms with Crippen LogP contribution in [0.3, 0.4) is 0 Å². The number of benzene rings is 1. The highest BCUT2D eigenvalue weighted by atomic mass is 16.7. The van der Waals surface area contributed by atoms with E-state index in [1.54, 1.807) is 37.3 Å². The Morgan fingerprint density at radius 1 is 1.09 bits per heavy atom. The molecular formula is C22H23N5O7. The van der Waals surface area contributed by atoms with Crippen molar-refractivity contribution in [3.63, 3.8) is 0 Å².